The lowest BCUT2D eigenvalue weighted by Crippen LogP contribution is -2.33. The number of hydrogen-bond donors (Lipinski definition) is 0. The summed E-state index contributed by atoms with van der Waals surface area (Å²) in [6.07, 6.45) is 0. The van der Waals surface area contributed by atoms with E-state index in [1.807, 2.05) is 24.3 Å². The standard InChI is InChI=1S/C20H20NO2/c1-21-19(15-7-11-17(22-2)12-8-15)5-4-6-20(21)16-9-13-18(23-3)14-10-16/h4-14H,1-3H3/q+1. The lowest BCUT2D eigenvalue weighted by atomic mass is 10.1. The Morgan fingerprint density at radius 1 is 0.609 bits per heavy atom. The molecule has 2 aromatic carbocycles. The summed E-state index contributed by atoms with van der Waals surface area (Å²) in [4.78, 5) is 0. The first-order valence-corrected chi connectivity index (χ1v) is 7.51. The van der Waals surface area contributed by atoms with Crippen LogP contribution in [0.15, 0.2) is 66.7 Å². The molecular weight excluding hydrogens is 286 g/mol. The van der Waals surface area contributed by atoms with Crippen LogP contribution in [0, 0.1) is 0 Å². The van der Waals surface area contributed by atoms with Gasteiger partial charge in [-0.1, -0.05) is 0 Å². The topological polar surface area (TPSA) is 22.3 Å². The summed E-state index contributed by atoms with van der Waals surface area (Å²) in [5, 5.41) is 0. The van der Waals surface area contributed by atoms with Crippen molar-refractivity contribution < 1.29 is 14.0 Å². The maximum absolute atomic E-state index is 5.23. The van der Waals surface area contributed by atoms with E-state index >= 15 is 0 Å². The molecular formula is C20H20NO2+. The lowest BCUT2D eigenvalue weighted by molar-refractivity contribution is -0.649. The van der Waals surface area contributed by atoms with E-state index in [4.69, 9.17) is 9.47 Å². The Morgan fingerprint density at radius 2 is 1.00 bits per heavy atom. The zero-order valence-electron chi connectivity index (χ0n) is 13.6. The normalized spacial score (nSPS) is 10.4. The summed E-state index contributed by atoms with van der Waals surface area (Å²) in [7, 11) is 5.44. The first kappa shape index (κ1) is 15.1. The molecule has 0 atom stereocenters. The Kier molecular flexibility index (Phi) is 4.29. The van der Waals surface area contributed by atoms with Crippen LogP contribution in [-0.4, -0.2) is 14.2 Å². The van der Waals surface area contributed by atoms with Crippen LogP contribution in [0.5, 0.6) is 11.5 Å². The average Bonchev–Trinajstić information content (AvgIpc) is 2.62. The van der Waals surface area contributed by atoms with Crippen molar-refractivity contribution in [3.05, 3.63) is 66.7 Å². The molecule has 3 nitrogen and oxygen atoms in total. The first-order valence-electron chi connectivity index (χ1n) is 7.51. The number of aromatic nitrogens is 1. The van der Waals surface area contributed by atoms with E-state index in [9.17, 15) is 0 Å². The number of nitrogens with zero attached hydrogens (tertiary/aromatic N) is 1. The summed E-state index contributed by atoms with van der Waals surface area (Å²) in [6, 6.07) is 22.5. The summed E-state index contributed by atoms with van der Waals surface area (Å²) >= 11 is 0. The van der Waals surface area contributed by atoms with Gasteiger partial charge in [-0.25, -0.2) is 0 Å². The van der Waals surface area contributed by atoms with Crippen LogP contribution in [0.1, 0.15) is 0 Å². The third-order valence-electron chi connectivity index (χ3n) is 4.00. The predicted molar refractivity (Wildman–Crippen MR) is 91.6 cm³/mol. The van der Waals surface area contributed by atoms with E-state index in [2.05, 4.69) is 54.1 Å². The van der Waals surface area contributed by atoms with E-state index in [0.717, 1.165) is 34.0 Å². The Bertz CT molecular complexity index is 727. The smallest absolute Gasteiger partial charge is 0.212 e. The molecule has 1 aromatic heterocycles. The molecule has 3 aromatic rings. The highest BCUT2D eigenvalue weighted by atomic mass is 16.5. The number of hydrogen-bond acceptors (Lipinski definition) is 2. The number of ether oxygens (including phenoxy) is 2. The highest BCUT2D eigenvalue weighted by Gasteiger charge is 2.16. The summed E-state index contributed by atoms with van der Waals surface area (Å²) in [6.45, 7) is 0. The maximum Gasteiger partial charge on any atom is 0.212 e. The van der Waals surface area contributed by atoms with E-state index in [1.165, 1.54) is 0 Å². The Morgan fingerprint density at radius 3 is 1.35 bits per heavy atom. The first-order chi connectivity index (χ1) is 11.2. The zero-order chi connectivity index (χ0) is 16.2. The van der Waals surface area contributed by atoms with Gasteiger partial charge < -0.3 is 9.47 Å². The molecule has 0 aliphatic heterocycles. The van der Waals surface area contributed by atoms with Gasteiger partial charge in [-0.05, 0) is 54.6 Å². The van der Waals surface area contributed by atoms with Crippen molar-refractivity contribution in [2.24, 2.45) is 7.05 Å². The fourth-order valence-electron chi connectivity index (χ4n) is 2.69. The number of pyridine rings is 1. The van der Waals surface area contributed by atoms with Crippen molar-refractivity contribution in [3.63, 3.8) is 0 Å². The van der Waals surface area contributed by atoms with Crippen LogP contribution in [0.4, 0.5) is 0 Å². The van der Waals surface area contributed by atoms with E-state index in [-0.39, 0.29) is 0 Å². The second-order valence-electron chi connectivity index (χ2n) is 5.31. The van der Waals surface area contributed by atoms with Crippen molar-refractivity contribution in [2.75, 3.05) is 14.2 Å². The molecule has 0 aliphatic rings. The predicted octanol–water partition coefficient (Wildman–Crippen LogP) is 3.86. The molecule has 0 aliphatic carbocycles. The molecule has 3 rings (SSSR count). The third kappa shape index (κ3) is 3.04. The van der Waals surface area contributed by atoms with Gasteiger partial charge in [0, 0.05) is 23.3 Å². The van der Waals surface area contributed by atoms with Crippen LogP contribution >= 0.6 is 0 Å². The van der Waals surface area contributed by atoms with Crippen LogP contribution in [0.25, 0.3) is 22.5 Å². The molecule has 0 saturated heterocycles. The summed E-state index contributed by atoms with van der Waals surface area (Å²) in [5.41, 5.74) is 4.62. The molecule has 0 N–H and O–H groups in total. The Hall–Kier alpha value is -2.81. The largest absolute Gasteiger partial charge is 0.497 e. The second kappa shape index (κ2) is 6.53. The highest BCUT2D eigenvalue weighted by Crippen LogP contribution is 2.24. The molecule has 0 bridgehead atoms. The summed E-state index contributed by atoms with van der Waals surface area (Å²) < 4.78 is 12.7. The Balaban J connectivity index is 2.02. The van der Waals surface area contributed by atoms with Gasteiger partial charge in [-0.2, -0.15) is 4.57 Å². The van der Waals surface area contributed by atoms with Crippen LogP contribution < -0.4 is 14.0 Å². The van der Waals surface area contributed by atoms with Gasteiger partial charge >= 0.3 is 0 Å². The summed E-state index contributed by atoms with van der Waals surface area (Å²) in [5.74, 6) is 1.73. The van der Waals surface area contributed by atoms with E-state index < -0.39 is 0 Å². The molecule has 23 heavy (non-hydrogen) atoms. The zero-order valence-corrected chi connectivity index (χ0v) is 13.6. The molecule has 116 valence electrons. The third-order valence-corrected chi connectivity index (χ3v) is 4.00. The molecule has 0 radical (unpaired) electrons. The maximum atomic E-state index is 5.23. The highest BCUT2D eigenvalue weighted by molar-refractivity contribution is 5.62. The van der Waals surface area contributed by atoms with Gasteiger partial charge in [0.05, 0.1) is 14.2 Å². The number of methoxy groups -OCH3 is 2. The number of benzene rings is 2. The molecule has 0 saturated carbocycles. The Labute approximate surface area is 136 Å². The minimum absolute atomic E-state index is 0.864. The van der Waals surface area contributed by atoms with Gasteiger partial charge in [0.15, 0.2) is 0 Å². The van der Waals surface area contributed by atoms with Gasteiger partial charge in [0.25, 0.3) is 0 Å². The molecule has 0 amide bonds. The fraction of sp³-hybridized carbons (Fsp3) is 0.150. The van der Waals surface area contributed by atoms with Gasteiger partial charge in [0.1, 0.15) is 18.5 Å². The van der Waals surface area contributed by atoms with Crippen LogP contribution in [0.2, 0.25) is 0 Å². The van der Waals surface area contributed by atoms with Crippen LogP contribution in [0.3, 0.4) is 0 Å². The van der Waals surface area contributed by atoms with E-state index in [0.29, 0.717) is 0 Å². The molecule has 0 spiro atoms. The van der Waals surface area contributed by atoms with Crippen molar-refractivity contribution in [2.45, 2.75) is 0 Å². The quantitative estimate of drug-likeness (QED) is 0.683. The average molecular weight is 306 g/mol. The van der Waals surface area contributed by atoms with Crippen molar-refractivity contribution >= 4 is 0 Å². The van der Waals surface area contributed by atoms with Crippen molar-refractivity contribution in [1.82, 2.24) is 0 Å². The minimum atomic E-state index is 0.864. The molecule has 0 unspecified atom stereocenters. The minimum Gasteiger partial charge on any atom is -0.497 e. The van der Waals surface area contributed by atoms with Gasteiger partial charge in [-0.3, -0.25) is 0 Å². The fourth-order valence-corrected chi connectivity index (χ4v) is 2.69. The van der Waals surface area contributed by atoms with Gasteiger partial charge in [0.2, 0.25) is 11.4 Å². The van der Waals surface area contributed by atoms with Crippen molar-refractivity contribution in [3.8, 4) is 34.0 Å². The lowest BCUT2D eigenvalue weighted by Gasteiger charge is -2.07. The monoisotopic (exact) mass is 306 g/mol. The van der Waals surface area contributed by atoms with Crippen molar-refractivity contribution in [1.29, 1.82) is 0 Å². The number of rotatable bonds is 4. The van der Waals surface area contributed by atoms with E-state index in [1.54, 1.807) is 14.2 Å². The molecule has 0 fully saturated rings. The van der Waals surface area contributed by atoms with Gasteiger partial charge in [-0.15, -0.1) is 0 Å². The molecule has 1 heterocycles. The second-order valence-corrected chi connectivity index (χ2v) is 5.31. The molecule has 3 heteroatoms. The SMILES string of the molecule is COc1ccc(-c2cccc(-c3ccc(OC)cc3)[n+]2C)cc1. The van der Waals surface area contributed by atoms with Crippen LogP contribution in [-0.2, 0) is 7.05 Å².